The lowest BCUT2D eigenvalue weighted by Crippen LogP contribution is -2.48. The van der Waals surface area contributed by atoms with Gasteiger partial charge in [0.1, 0.15) is 11.5 Å². The predicted molar refractivity (Wildman–Crippen MR) is 137 cm³/mol. The molecular weight excluding hydrogens is 450 g/mol. The van der Waals surface area contributed by atoms with Gasteiger partial charge in [0, 0.05) is 60.6 Å². The molecule has 2 heterocycles. The third-order valence-electron chi connectivity index (χ3n) is 5.92. The van der Waals surface area contributed by atoms with Crippen LogP contribution in [0.25, 0.3) is 17.4 Å². The van der Waals surface area contributed by atoms with E-state index in [4.69, 9.17) is 16.0 Å². The van der Waals surface area contributed by atoms with Crippen molar-refractivity contribution in [1.29, 1.82) is 0 Å². The van der Waals surface area contributed by atoms with Gasteiger partial charge in [-0.05, 0) is 61.0 Å². The smallest absolute Gasteiger partial charge is 0.248 e. The summed E-state index contributed by atoms with van der Waals surface area (Å²) in [5, 5.41) is 3.55. The summed E-state index contributed by atoms with van der Waals surface area (Å²) < 4.78 is 5.82. The minimum Gasteiger partial charge on any atom is -0.457 e. The molecule has 7 heteroatoms. The molecule has 3 aromatic rings. The summed E-state index contributed by atoms with van der Waals surface area (Å²) in [6.45, 7) is 6.93. The number of rotatable bonds is 6. The largest absolute Gasteiger partial charge is 0.457 e. The van der Waals surface area contributed by atoms with Crippen molar-refractivity contribution >= 4 is 40.9 Å². The van der Waals surface area contributed by atoms with E-state index in [-0.39, 0.29) is 11.8 Å². The van der Waals surface area contributed by atoms with Crippen LogP contribution in [0.3, 0.4) is 0 Å². The van der Waals surface area contributed by atoms with E-state index in [0.29, 0.717) is 28.7 Å². The van der Waals surface area contributed by atoms with E-state index in [1.54, 1.807) is 6.08 Å². The zero-order chi connectivity index (χ0) is 24.1. The van der Waals surface area contributed by atoms with Gasteiger partial charge in [0.15, 0.2) is 0 Å². The van der Waals surface area contributed by atoms with E-state index in [1.807, 2.05) is 73.3 Å². The number of hydrogen-bond donors (Lipinski definition) is 1. The number of nitrogens with one attached hydrogen (secondary N) is 1. The second-order valence-electron chi connectivity index (χ2n) is 8.26. The van der Waals surface area contributed by atoms with Gasteiger partial charge in [0.25, 0.3) is 0 Å². The van der Waals surface area contributed by atoms with Crippen LogP contribution in [-0.4, -0.2) is 42.9 Å². The molecule has 0 bridgehead atoms. The monoisotopic (exact) mass is 477 g/mol. The Hall–Kier alpha value is -3.51. The first kappa shape index (κ1) is 23.6. The third-order valence-corrected chi connectivity index (χ3v) is 6.32. The molecule has 34 heavy (non-hydrogen) atoms. The van der Waals surface area contributed by atoms with Crippen LogP contribution in [0.2, 0.25) is 5.02 Å². The van der Waals surface area contributed by atoms with E-state index in [9.17, 15) is 9.59 Å². The van der Waals surface area contributed by atoms with Gasteiger partial charge in [-0.1, -0.05) is 30.7 Å². The minimum atomic E-state index is -0.240. The molecule has 1 aromatic heterocycles. The number of furan rings is 1. The Labute approximate surface area is 204 Å². The maximum Gasteiger partial charge on any atom is 0.248 e. The number of anilines is 2. The fourth-order valence-electron chi connectivity index (χ4n) is 3.88. The van der Waals surface area contributed by atoms with Crippen LogP contribution >= 0.6 is 11.6 Å². The maximum absolute atomic E-state index is 12.4. The van der Waals surface area contributed by atoms with Gasteiger partial charge in [-0.2, -0.15) is 0 Å². The molecule has 0 radical (unpaired) electrons. The molecule has 1 fully saturated rings. The summed E-state index contributed by atoms with van der Waals surface area (Å²) in [6, 6.07) is 17.2. The summed E-state index contributed by atoms with van der Waals surface area (Å²) in [4.78, 5) is 28.4. The van der Waals surface area contributed by atoms with Gasteiger partial charge in [0.2, 0.25) is 11.8 Å². The van der Waals surface area contributed by atoms with Crippen molar-refractivity contribution in [2.24, 2.45) is 0 Å². The molecule has 1 saturated heterocycles. The summed E-state index contributed by atoms with van der Waals surface area (Å²) in [6.07, 6.45) is 3.63. The van der Waals surface area contributed by atoms with Crippen molar-refractivity contribution < 1.29 is 14.0 Å². The molecule has 0 unspecified atom stereocenters. The number of amides is 2. The van der Waals surface area contributed by atoms with Crippen molar-refractivity contribution in [3.63, 3.8) is 0 Å². The Balaban J connectivity index is 1.31. The summed E-state index contributed by atoms with van der Waals surface area (Å²) in [7, 11) is 0. The normalized spacial score (nSPS) is 14.0. The summed E-state index contributed by atoms with van der Waals surface area (Å²) in [5.74, 6) is 1.24. The Morgan fingerprint density at radius 3 is 2.44 bits per heavy atom. The fourth-order valence-corrected chi connectivity index (χ4v) is 4.06. The predicted octanol–water partition coefficient (Wildman–Crippen LogP) is 5.62. The highest BCUT2D eigenvalue weighted by atomic mass is 35.5. The third kappa shape index (κ3) is 5.69. The first-order valence-corrected chi connectivity index (χ1v) is 11.8. The molecule has 1 aliphatic rings. The second-order valence-corrected chi connectivity index (χ2v) is 8.66. The van der Waals surface area contributed by atoms with Crippen LogP contribution < -0.4 is 10.2 Å². The molecule has 4 rings (SSSR count). The zero-order valence-corrected chi connectivity index (χ0v) is 20.1. The van der Waals surface area contributed by atoms with Gasteiger partial charge in [-0.25, -0.2) is 0 Å². The van der Waals surface area contributed by atoms with E-state index < -0.39 is 0 Å². The van der Waals surface area contributed by atoms with Crippen molar-refractivity contribution in [3.8, 4) is 11.3 Å². The van der Waals surface area contributed by atoms with Crippen LogP contribution in [0.15, 0.2) is 65.1 Å². The summed E-state index contributed by atoms with van der Waals surface area (Å²) in [5.41, 5.74) is 3.69. The number of aryl methyl sites for hydroxylation is 1. The lowest BCUT2D eigenvalue weighted by molar-refractivity contribution is -0.131. The Bertz CT molecular complexity index is 1190. The molecule has 176 valence electrons. The van der Waals surface area contributed by atoms with E-state index in [1.165, 1.54) is 6.08 Å². The zero-order valence-electron chi connectivity index (χ0n) is 19.4. The molecule has 1 N–H and O–H groups in total. The van der Waals surface area contributed by atoms with E-state index in [0.717, 1.165) is 43.0 Å². The van der Waals surface area contributed by atoms with Gasteiger partial charge < -0.3 is 19.5 Å². The van der Waals surface area contributed by atoms with Gasteiger partial charge in [-0.15, -0.1) is 0 Å². The number of halogens is 1. The highest BCUT2D eigenvalue weighted by Gasteiger charge is 2.20. The Morgan fingerprint density at radius 1 is 1.03 bits per heavy atom. The van der Waals surface area contributed by atoms with Crippen molar-refractivity contribution in [1.82, 2.24) is 4.90 Å². The lowest BCUT2D eigenvalue weighted by atomic mass is 10.1. The maximum atomic E-state index is 12.4. The molecule has 0 aliphatic carbocycles. The van der Waals surface area contributed by atoms with Crippen LogP contribution in [0.5, 0.6) is 0 Å². The van der Waals surface area contributed by atoms with Crippen LogP contribution in [-0.2, 0) is 9.59 Å². The molecule has 2 aromatic carbocycles. The first-order valence-electron chi connectivity index (χ1n) is 11.4. The number of carbonyl (C=O) groups is 2. The highest BCUT2D eigenvalue weighted by molar-refractivity contribution is 6.31. The average Bonchev–Trinajstić information content (AvgIpc) is 3.34. The van der Waals surface area contributed by atoms with Crippen molar-refractivity contribution in [3.05, 3.63) is 77.0 Å². The van der Waals surface area contributed by atoms with E-state index >= 15 is 0 Å². The Kier molecular flexibility index (Phi) is 7.38. The molecule has 2 amide bonds. The van der Waals surface area contributed by atoms with Gasteiger partial charge >= 0.3 is 0 Å². The molecular formula is C27H28ClN3O3. The fraction of sp³-hybridized carbons (Fsp3) is 0.259. The first-order chi connectivity index (χ1) is 16.4. The highest BCUT2D eigenvalue weighted by Crippen LogP contribution is 2.27. The lowest BCUT2D eigenvalue weighted by Gasteiger charge is -2.36. The number of piperazine rings is 1. The molecule has 0 saturated carbocycles. The SMILES string of the molecule is CCC(=O)N1CCN(c2ccc(NC(=O)/C=C/c3ccc(-c4ccc(C)c(Cl)c4)o3)cc2)CC1. The number of benzene rings is 2. The van der Waals surface area contributed by atoms with Crippen LogP contribution in [0, 0.1) is 6.92 Å². The second kappa shape index (κ2) is 10.6. The van der Waals surface area contributed by atoms with E-state index in [2.05, 4.69) is 10.2 Å². The molecule has 1 aliphatic heterocycles. The minimum absolute atomic E-state index is 0.205. The van der Waals surface area contributed by atoms with Crippen LogP contribution in [0.4, 0.5) is 11.4 Å². The topological polar surface area (TPSA) is 65.8 Å². The van der Waals surface area contributed by atoms with Gasteiger partial charge in [0.05, 0.1) is 0 Å². The number of carbonyl (C=O) groups excluding carboxylic acids is 2. The van der Waals surface area contributed by atoms with Crippen LogP contribution in [0.1, 0.15) is 24.7 Å². The quantitative estimate of drug-likeness (QED) is 0.468. The standard InChI is InChI=1S/C27H28ClN3O3/c1-3-27(33)31-16-14-30(15-17-31)22-8-6-21(7-9-22)29-26(32)13-11-23-10-12-25(34-23)20-5-4-19(2)24(28)18-20/h4-13,18H,3,14-17H2,1-2H3,(H,29,32)/b13-11+. The average molecular weight is 478 g/mol. The van der Waals surface area contributed by atoms with Crippen molar-refractivity contribution in [2.75, 3.05) is 36.4 Å². The molecule has 6 nitrogen and oxygen atoms in total. The Morgan fingerprint density at radius 2 is 1.76 bits per heavy atom. The van der Waals surface area contributed by atoms with Crippen molar-refractivity contribution in [2.45, 2.75) is 20.3 Å². The van der Waals surface area contributed by atoms with Gasteiger partial charge in [-0.3, -0.25) is 9.59 Å². The molecule has 0 atom stereocenters. The summed E-state index contributed by atoms with van der Waals surface area (Å²) >= 11 is 6.20. The molecule has 0 spiro atoms. The number of hydrogen-bond acceptors (Lipinski definition) is 4. The number of nitrogens with zero attached hydrogens (tertiary/aromatic N) is 2.